The normalized spacial score (nSPS) is 11.5. The van der Waals surface area contributed by atoms with Crippen LogP contribution in [0, 0.1) is 0 Å². The van der Waals surface area contributed by atoms with E-state index in [2.05, 4.69) is 4.98 Å². The molecule has 0 amide bonds. The molecule has 0 aromatic carbocycles. The highest BCUT2D eigenvalue weighted by Crippen LogP contribution is 2.21. The van der Waals surface area contributed by atoms with Gasteiger partial charge in [0.05, 0.1) is 11.9 Å². The Morgan fingerprint density at radius 1 is 1.62 bits per heavy atom. The van der Waals surface area contributed by atoms with Crippen LogP contribution < -0.4 is 5.73 Å². The maximum absolute atomic E-state index is 11.3. The topological polar surface area (TPSA) is 93.3 Å². The van der Waals surface area contributed by atoms with E-state index in [4.69, 9.17) is 10.8 Å². The number of nitrogens with two attached hydrogens (primary N) is 1. The molecule has 0 aliphatic heterocycles. The Balaban J connectivity index is 3.38. The molecule has 0 aliphatic rings. The van der Waals surface area contributed by atoms with Gasteiger partial charge in [-0.3, -0.25) is 0 Å². The van der Waals surface area contributed by atoms with E-state index < -0.39 is 9.84 Å². The Hall–Kier alpha value is -1.30. The molecule has 5 nitrogen and oxygen atoms in total. The van der Waals surface area contributed by atoms with E-state index in [0.29, 0.717) is 0 Å². The van der Waals surface area contributed by atoms with Gasteiger partial charge in [0.15, 0.2) is 9.84 Å². The summed E-state index contributed by atoms with van der Waals surface area (Å²) in [6.07, 6.45) is 1.10. The number of pyridine rings is 1. The number of hydrogen-bond acceptors (Lipinski definition) is 5. The summed E-state index contributed by atoms with van der Waals surface area (Å²) in [5, 5.41) is 9.01. The zero-order valence-electron chi connectivity index (χ0n) is 7.06. The lowest BCUT2D eigenvalue weighted by Gasteiger charge is -2.03. The second-order valence-corrected chi connectivity index (χ2v) is 4.73. The minimum absolute atomic E-state index is 0.0671. The molecule has 0 radical (unpaired) electrons. The van der Waals surface area contributed by atoms with Crippen LogP contribution in [-0.2, 0) is 9.84 Å². The zero-order chi connectivity index (χ0) is 10.1. The summed E-state index contributed by atoms with van der Waals surface area (Å²) < 4.78 is 22.7. The zero-order valence-corrected chi connectivity index (χ0v) is 7.87. The van der Waals surface area contributed by atoms with Crippen molar-refractivity contribution in [3.8, 4) is 5.75 Å². The third-order valence-electron chi connectivity index (χ3n) is 1.58. The van der Waals surface area contributed by atoms with Gasteiger partial charge >= 0.3 is 0 Å². The molecule has 0 saturated heterocycles. The van der Waals surface area contributed by atoms with Crippen LogP contribution in [-0.4, -0.2) is 24.3 Å². The van der Waals surface area contributed by atoms with E-state index in [1.165, 1.54) is 6.92 Å². The SMILES string of the molecule is CCS(=O)(=O)c1cc(O)cnc1N. The van der Waals surface area contributed by atoms with Gasteiger partial charge in [0.25, 0.3) is 0 Å². The van der Waals surface area contributed by atoms with Crippen molar-refractivity contribution >= 4 is 15.7 Å². The fraction of sp³-hybridized carbons (Fsp3) is 0.286. The first kappa shape index (κ1) is 9.79. The van der Waals surface area contributed by atoms with Crippen LogP contribution in [0.3, 0.4) is 0 Å². The Kier molecular flexibility index (Phi) is 2.42. The third kappa shape index (κ3) is 1.89. The molecule has 6 heteroatoms. The van der Waals surface area contributed by atoms with E-state index in [0.717, 1.165) is 12.3 Å². The summed E-state index contributed by atoms with van der Waals surface area (Å²) in [7, 11) is -3.40. The number of rotatable bonds is 2. The van der Waals surface area contributed by atoms with Crippen molar-refractivity contribution in [3.63, 3.8) is 0 Å². The predicted octanol–water partition coefficient (Wildman–Crippen LogP) is 0.163. The molecule has 0 saturated carbocycles. The third-order valence-corrected chi connectivity index (χ3v) is 3.34. The fourth-order valence-corrected chi connectivity index (χ4v) is 1.83. The Morgan fingerprint density at radius 2 is 2.23 bits per heavy atom. The van der Waals surface area contributed by atoms with Crippen LogP contribution in [0.1, 0.15) is 6.92 Å². The van der Waals surface area contributed by atoms with Crippen molar-refractivity contribution in [2.24, 2.45) is 0 Å². The molecule has 1 rings (SSSR count). The van der Waals surface area contributed by atoms with Gasteiger partial charge in [0, 0.05) is 6.07 Å². The van der Waals surface area contributed by atoms with E-state index in [1.807, 2.05) is 0 Å². The van der Waals surface area contributed by atoms with Gasteiger partial charge in [-0.25, -0.2) is 13.4 Å². The molecule has 0 spiro atoms. The monoisotopic (exact) mass is 202 g/mol. The van der Waals surface area contributed by atoms with Crippen molar-refractivity contribution in [3.05, 3.63) is 12.3 Å². The Morgan fingerprint density at radius 3 is 2.77 bits per heavy atom. The second-order valence-electron chi connectivity index (χ2n) is 2.48. The molecule has 0 bridgehead atoms. The van der Waals surface area contributed by atoms with E-state index in [-0.39, 0.29) is 22.2 Å². The average Bonchev–Trinajstić information content (AvgIpc) is 2.09. The molecule has 0 aliphatic carbocycles. The fourth-order valence-electron chi connectivity index (χ4n) is 0.849. The quantitative estimate of drug-likeness (QED) is 0.712. The number of hydrogen-bond donors (Lipinski definition) is 2. The lowest BCUT2D eigenvalue weighted by molar-refractivity contribution is 0.470. The minimum Gasteiger partial charge on any atom is -0.506 e. The average molecular weight is 202 g/mol. The number of anilines is 1. The molecular weight excluding hydrogens is 192 g/mol. The van der Waals surface area contributed by atoms with Crippen LogP contribution >= 0.6 is 0 Å². The number of nitrogen functional groups attached to an aromatic ring is 1. The number of aromatic hydroxyl groups is 1. The first-order chi connectivity index (χ1) is 5.97. The molecule has 72 valence electrons. The Bertz CT molecular complexity index is 414. The molecule has 3 N–H and O–H groups in total. The lowest BCUT2D eigenvalue weighted by Crippen LogP contribution is -2.08. The van der Waals surface area contributed by atoms with Gasteiger partial charge < -0.3 is 10.8 Å². The molecule has 1 aromatic heterocycles. The number of aromatic nitrogens is 1. The van der Waals surface area contributed by atoms with Gasteiger partial charge in [-0.15, -0.1) is 0 Å². The molecule has 13 heavy (non-hydrogen) atoms. The first-order valence-electron chi connectivity index (χ1n) is 3.64. The second kappa shape index (κ2) is 3.21. The van der Waals surface area contributed by atoms with Crippen molar-refractivity contribution in [2.45, 2.75) is 11.8 Å². The van der Waals surface area contributed by atoms with E-state index >= 15 is 0 Å². The summed E-state index contributed by atoms with van der Waals surface area (Å²) in [5.41, 5.74) is 5.35. The van der Waals surface area contributed by atoms with E-state index in [1.54, 1.807) is 0 Å². The van der Waals surface area contributed by atoms with Gasteiger partial charge in [-0.2, -0.15) is 0 Å². The van der Waals surface area contributed by atoms with Crippen LogP contribution in [0.15, 0.2) is 17.2 Å². The van der Waals surface area contributed by atoms with Crippen molar-refractivity contribution < 1.29 is 13.5 Å². The lowest BCUT2D eigenvalue weighted by atomic mass is 10.4. The summed E-state index contributed by atoms with van der Waals surface area (Å²) in [5.74, 6) is -0.358. The predicted molar refractivity (Wildman–Crippen MR) is 48.0 cm³/mol. The standard InChI is InChI=1S/C7H10N2O3S/c1-2-13(11,12)6-3-5(10)4-9-7(6)8/h3-4,10H,2H2,1H3,(H2,8,9). The van der Waals surface area contributed by atoms with Crippen molar-refractivity contribution in [1.29, 1.82) is 0 Å². The van der Waals surface area contributed by atoms with Crippen LogP contribution in [0.4, 0.5) is 5.82 Å². The molecule has 0 atom stereocenters. The van der Waals surface area contributed by atoms with Crippen LogP contribution in [0.25, 0.3) is 0 Å². The Labute approximate surface area is 76.1 Å². The molecule has 1 heterocycles. The highest BCUT2D eigenvalue weighted by atomic mass is 32.2. The van der Waals surface area contributed by atoms with Gasteiger partial charge in [0.2, 0.25) is 0 Å². The molecular formula is C7H10N2O3S. The largest absolute Gasteiger partial charge is 0.506 e. The highest BCUT2D eigenvalue weighted by molar-refractivity contribution is 7.91. The van der Waals surface area contributed by atoms with Gasteiger partial charge in [-0.1, -0.05) is 6.92 Å². The van der Waals surface area contributed by atoms with Crippen LogP contribution in [0.2, 0.25) is 0 Å². The number of sulfone groups is 1. The number of nitrogens with zero attached hydrogens (tertiary/aromatic N) is 1. The highest BCUT2D eigenvalue weighted by Gasteiger charge is 2.16. The maximum Gasteiger partial charge on any atom is 0.181 e. The summed E-state index contributed by atoms with van der Waals surface area (Å²) >= 11 is 0. The summed E-state index contributed by atoms with van der Waals surface area (Å²) in [6.45, 7) is 1.50. The first-order valence-corrected chi connectivity index (χ1v) is 5.30. The molecule has 0 unspecified atom stereocenters. The van der Waals surface area contributed by atoms with Gasteiger partial charge in [-0.05, 0) is 0 Å². The molecule has 0 fully saturated rings. The minimum atomic E-state index is -3.40. The smallest absolute Gasteiger partial charge is 0.181 e. The summed E-state index contributed by atoms with van der Waals surface area (Å²) in [4.78, 5) is 3.43. The summed E-state index contributed by atoms with van der Waals surface area (Å²) in [6, 6.07) is 1.10. The van der Waals surface area contributed by atoms with Crippen LogP contribution in [0.5, 0.6) is 5.75 Å². The van der Waals surface area contributed by atoms with Crippen molar-refractivity contribution in [1.82, 2.24) is 4.98 Å². The van der Waals surface area contributed by atoms with E-state index in [9.17, 15) is 8.42 Å². The van der Waals surface area contributed by atoms with Gasteiger partial charge in [0.1, 0.15) is 16.5 Å². The maximum atomic E-state index is 11.3. The molecule has 1 aromatic rings. The van der Waals surface area contributed by atoms with Crippen molar-refractivity contribution in [2.75, 3.05) is 11.5 Å².